The third kappa shape index (κ3) is 3.01. The van der Waals surface area contributed by atoms with Crippen LogP contribution in [0, 0.1) is 5.82 Å². The Morgan fingerprint density at radius 1 is 1.18 bits per heavy atom. The Morgan fingerprint density at radius 3 is 2.65 bits per heavy atom. The molecule has 0 atom stereocenters. The normalized spacial score (nSPS) is 10.2. The molecule has 0 saturated carbocycles. The highest BCUT2D eigenvalue weighted by molar-refractivity contribution is 5.34. The Balaban J connectivity index is 2.09. The van der Waals surface area contributed by atoms with Gasteiger partial charge in [0.2, 0.25) is 0 Å². The van der Waals surface area contributed by atoms with Gasteiger partial charge >= 0.3 is 0 Å². The maximum Gasteiger partial charge on any atom is 0.124 e. The smallest absolute Gasteiger partial charge is 0.124 e. The predicted octanol–water partition coefficient (Wildman–Crippen LogP) is 2.26. The first-order valence-corrected chi connectivity index (χ1v) is 5.30. The van der Waals surface area contributed by atoms with E-state index in [-0.39, 0.29) is 12.4 Å². The van der Waals surface area contributed by atoms with E-state index in [2.05, 4.69) is 4.98 Å². The molecule has 2 N–H and O–H groups in total. The second kappa shape index (κ2) is 5.41. The minimum Gasteiger partial charge on any atom is -0.489 e. The highest BCUT2D eigenvalue weighted by Crippen LogP contribution is 2.20. The van der Waals surface area contributed by atoms with Crippen molar-refractivity contribution in [2.45, 2.75) is 13.2 Å². The first kappa shape index (κ1) is 11.5. The van der Waals surface area contributed by atoms with Crippen LogP contribution >= 0.6 is 0 Å². The van der Waals surface area contributed by atoms with Gasteiger partial charge < -0.3 is 10.5 Å². The molecule has 0 spiro atoms. The van der Waals surface area contributed by atoms with Gasteiger partial charge in [-0.25, -0.2) is 4.39 Å². The third-order valence-corrected chi connectivity index (χ3v) is 2.39. The Hall–Kier alpha value is -1.94. The van der Waals surface area contributed by atoms with E-state index >= 15 is 0 Å². The first-order valence-electron chi connectivity index (χ1n) is 5.30. The molecule has 0 radical (unpaired) electrons. The third-order valence-electron chi connectivity index (χ3n) is 2.39. The SMILES string of the molecule is NCc1cc(F)ccc1OCc1ccncc1. The second-order valence-electron chi connectivity index (χ2n) is 3.60. The summed E-state index contributed by atoms with van der Waals surface area (Å²) in [6.45, 7) is 0.671. The van der Waals surface area contributed by atoms with E-state index in [9.17, 15) is 4.39 Å². The highest BCUT2D eigenvalue weighted by atomic mass is 19.1. The molecule has 0 aliphatic carbocycles. The zero-order valence-corrected chi connectivity index (χ0v) is 9.27. The van der Waals surface area contributed by atoms with Gasteiger partial charge in [-0.1, -0.05) is 0 Å². The molecule has 0 aliphatic heterocycles. The summed E-state index contributed by atoms with van der Waals surface area (Å²) in [6, 6.07) is 8.08. The largest absolute Gasteiger partial charge is 0.489 e. The molecular formula is C13H13FN2O. The first-order chi connectivity index (χ1) is 8.29. The average molecular weight is 232 g/mol. The Bertz CT molecular complexity index is 488. The summed E-state index contributed by atoms with van der Waals surface area (Å²) in [6.07, 6.45) is 3.40. The van der Waals surface area contributed by atoms with Gasteiger partial charge in [0.25, 0.3) is 0 Å². The van der Waals surface area contributed by atoms with E-state index in [0.29, 0.717) is 17.9 Å². The molecule has 0 bridgehead atoms. The number of benzene rings is 1. The number of nitrogens with zero attached hydrogens (tertiary/aromatic N) is 1. The quantitative estimate of drug-likeness (QED) is 0.879. The van der Waals surface area contributed by atoms with E-state index in [0.717, 1.165) is 5.56 Å². The van der Waals surface area contributed by atoms with Crippen LogP contribution in [-0.4, -0.2) is 4.98 Å². The zero-order valence-electron chi connectivity index (χ0n) is 9.27. The topological polar surface area (TPSA) is 48.1 Å². The Labute approximate surface area is 99.1 Å². The summed E-state index contributed by atoms with van der Waals surface area (Å²) in [5.74, 6) is 0.312. The van der Waals surface area contributed by atoms with Crippen molar-refractivity contribution in [1.29, 1.82) is 0 Å². The number of nitrogens with two attached hydrogens (primary N) is 1. The summed E-state index contributed by atoms with van der Waals surface area (Å²) in [5, 5.41) is 0. The number of hydrogen-bond acceptors (Lipinski definition) is 3. The molecule has 4 heteroatoms. The lowest BCUT2D eigenvalue weighted by Crippen LogP contribution is -2.03. The van der Waals surface area contributed by atoms with Crippen molar-refractivity contribution in [3.8, 4) is 5.75 Å². The van der Waals surface area contributed by atoms with Crippen LogP contribution in [0.3, 0.4) is 0 Å². The monoisotopic (exact) mass is 232 g/mol. The predicted molar refractivity (Wildman–Crippen MR) is 62.9 cm³/mol. The van der Waals surface area contributed by atoms with Gasteiger partial charge in [-0.2, -0.15) is 0 Å². The minimum atomic E-state index is -0.304. The van der Waals surface area contributed by atoms with Gasteiger partial charge in [0.15, 0.2) is 0 Å². The van der Waals surface area contributed by atoms with Crippen LogP contribution < -0.4 is 10.5 Å². The number of ether oxygens (including phenoxy) is 1. The number of hydrogen-bond donors (Lipinski definition) is 1. The van der Waals surface area contributed by atoms with Crippen molar-refractivity contribution in [3.05, 3.63) is 59.7 Å². The van der Waals surface area contributed by atoms with Gasteiger partial charge in [-0.05, 0) is 35.9 Å². The van der Waals surface area contributed by atoms with Crippen LogP contribution in [0.2, 0.25) is 0 Å². The summed E-state index contributed by atoms with van der Waals surface area (Å²) in [5.41, 5.74) is 7.20. The molecule has 1 aromatic carbocycles. The zero-order chi connectivity index (χ0) is 12.1. The van der Waals surface area contributed by atoms with E-state index < -0.39 is 0 Å². The van der Waals surface area contributed by atoms with Crippen molar-refractivity contribution in [2.75, 3.05) is 0 Å². The Morgan fingerprint density at radius 2 is 1.94 bits per heavy atom. The molecule has 0 saturated heterocycles. The maximum atomic E-state index is 13.0. The lowest BCUT2D eigenvalue weighted by atomic mass is 10.2. The van der Waals surface area contributed by atoms with Crippen molar-refractivity contribution < 1.29 is 9.13 Å². The van der Waals surface area contributed by atoms with Gasteiger partial charge in [-0.15, -0.1) is 0 Å². The van der Waals surface area contributed by atoms with E-state index in [1.165, 1.54) is 12.1 Å². The van der Waals surface area contributed by atoms with Gasteiger partial charge in [-0.3, -0.25) is 4.98 Å². The van der Waals surface area contributed by atoms with Gasteiger partial charge in [0.1, 0.15) is 18.2 Å². The van der Waals surface area contributed by atoms with Gasteiger partial charge in [0, 0.05) is 24.5 Å². The van der Waals surface area contributed by atoms with Crippen LogP contribution in [0.1, 0.15) is 11.1 Å². The lowest BCUT2D eigenvalue weighted by molar-refractivity contribution is 0.302. The van der Waals surface area contributed by atoms with Crippen LogP contribution in [0.25, 0.3) is 0 Å². The van der Waals surface area contributed by atoms with E-state index in [4.69, 9.17) is 10.5 Å². The summed E-state index contributed by atoms with van der Waals surface area (Å²) >= 11 is 0. The maximum absolute atomic E-state index is 13.0. The molecule has 0 amide bonds. The number of aromatic nitrogens is 1. The summed E-state index contributed by atoms with van der Waals surface area (Å²) in [4.78, 5) is 3.92. The van der Waals surface area contributed by atoms with Crippen LogP contribution in [0.4, 0.5) is 4.39 Å². The van der Waals surface area contributed by atoms with Crippen LogP contribution in [-0.2, 0) is 13.2 Å². The van der Waals surface area contributed by atoms with Crippen molar-refractivity contribution >= 4 is 0 Å². The molecule has 0 aliphatic rings. The fraction of sp³-hybridized carbons (Fsp3) is 0.154. The molecule has 3 nitrogen and oxygen atoms in total. The molecule has 0 fully saturated rings. The van der Waals surface area contributed by atoms with Gasteiger partial charge in [0.05, 0.1) is 0 Å². The van der Waals surface area contributed by atoms with Crippen LogP contribution in [0.15, 0.2) is 42.7 Å². The highest BCUT2D eigenvalue weighted by Gasteiger charge is 2.04. The molecule has 88 valence electrons. The van der Waals surface area contributed by atoms with Crippen molar-refractivity contribution in [1.82, 2.24) is 4.98 Å². The Kier molecular flexibility index (Phi) is 3.67. The fourth-order valence-corrected chi connectivity index (χ4v) is 1.49. The standard InChI is InChI=1S/C13H13FN2O/c14-12-1-2-13(11(7-12)8-15)17-9-10-3-5-16-6-4-10/h1-7H,8-9,15H2. The lowest BCUT2D eigenvalue weighted by Gasteiger charge is -2.10. The molecule has 2 rings (SSSR count). The molecular weight excluding hydrogens is 219 g/mol. The summed E-state index contributed by atoms with van der Waals surface area (Å²) < 4.78 is 18.6. The number of pyridine rings is 1. The molecule has 17 heavy (non-hydrogen) atoms. The molecule has 2 aromatic rings. The second-order valence-corrected chi connectivity index (χ2v) is 3.60. The van der Waals surface area contributed by atoms with Crippen molar-refractivity contribution in [3.63, 3.8) is 0 Å². The van der Waals surface area contributed by atoms with Crippen LogP contribution in [0.5, 0.6) is 5.75 Å². The molecule has 0 unspecified atom stereocenters. The summed E-state index contributed by atoms with van der Waals surface area (Å²) in [7, 11) is 0. The molecule has 1 heterocycles. The number of halogens is 1. The molecule has 1 aromatic heterocycles. The fourth-order valence-electron chi connectivity index (χ4n) is 1.49. The number of rotatable bonds is 4. The average Bonchev–Trinajstić information content (AvgIpc) is 2.38. The van der Waals surface area contributed by atoms with Crippen molar-refractivity contribution in [2.24, 2.45) is 5.73 Å². The van der Waals surface area contributed by atoms with E-state index in [1.54, 1.807) is 18.5 Å². The van der Waals surface area contributed by atoms with E-state index in [1.807, 2.05) is 12.1 Å². The minimum absolute atomic E-state index is 0.253.